The van der Waals surface area contributed by atoms with Crippen LogP contribution in [0.15, 0.2) is 48.5 Å². The molecule has 0 saturated carbocycles. The molecule has 24 heavy (non-hydrogen) atoms. The van der Waals surface area contributed by atoms with Crippen LogP contribution in [0.4, 0.5) is 0 Å². The van der Waals surface area contributed by atoms with Crippen molar-refractivity contribution < 1.29 is 19.4 Å². The van der Waals surface area contributed by atoms with Crippen molar-refractivity contribution in [3.8, 4) is 5.75 Å². The van der Waals surface area contributed by atoms with Gasteiger partial charge in [-0.1, -0.05) is 42.5 Å². The molecule has 2 aromatic rings. The third-order valence-electron chi connectivity index (χ3n) is 3.65. The monoisotopic (exact) mass is 328 g/mol. The fourth-order valence-corrected chi connectivity index (χ4v) is 2.32. The highest BCUT2D eigenvalue weighted by atomic mass is 16.5. The molecule has 0 amide bonds. The molecule has 0 saturated heterocycles. The van der Waals surface area contributed by atoms with Crippen molar-refractivity contribution in [3.05, 3.63) is 65.2 Å². The van der Waals surface area contributed by atoms with Crippen molar-refractivity contribution in [2.45, 2.75) is 39.4 Å². The summed E-state index contributed by atoms with van der Waals surface area (Å²) in [6.07, 6.45) is 0.143. The smallest absolute Gasteiger partial charge is 0.310 e. The van der Waals surface area contributed by atoms with Crippen LogP contribution < -0.4 is 4.74 Å². The molecule has 1 N–H and O–H groups in total. The van der Waals surface area contributed by atoms with Crippen LogP contribution in [0.2, 0.25) is 0 Å². The second kappa shape index (κ2) is 7.97. The molecule has 0 heterocycles. The molecule has 4 nitrogen and oxygen atoms in total. The van der Waals surface area contributed by atoms with Gasteiger partial charge in [0.1, 0.15) is 12.4 Å². The lowest BCUT2D eigenvalue weighted by Crippen LogP contribution is -2.16. The summed E-state index contributed by atoms with van der Waals surface area (Å²) in [6, 6.07) is 15.2. The van der Waals surface area contributed by atoms with E-state index in [1.807, 2.05) is 42.5 Å². The quantitative estimate of drug-likeness (QED) is 0.789. The van der Waals surface area contributed by atoms with Crippen LogP contribution in [0.5, 0.6) is 5.75 Å². The van der Waals surface area contributed by atoms with E-state index < -0.39 is 5.60 Å². The lowest BCUT2D eigenvalue weighted by molar-refractivity contribution is -0.142. The van der Waals surface area contributed by atoms with Crippen LogP contribution in [0.1, 0.15) is 37.5 Å². The lowest BCUT2D eigenvalue weighted by atomic mass is 9.96. The van der Waals surface area contributed by atoms with E-state index in [1.165, 1.54) is 0 Å². The first-order chi connectivity index (χ1) is 11.4. The standard InChI is InChI=1S/C20H24O4/c1-4-23-19(21)12-16-10-11-17(20(2,3)22)13-18(16)24-14-15-8-6-5-7-9-15/h5-11,13,22H,4,12,14H2,1-3H3. The topological polar surface area (TPSA) is 55.8 Å². The van der Waals surface area contributed by atoms with Crippen LogP contribution in [-0.4, -0.2) is 17.7 Å². The first-order valence-electron chi connectivity index (χ1n) is 8.08. The molecule has 0 aliphatic carbocycles. The molecule has 2 rings (SSSR count). The molecule has 0 fully saturated rings. The summed E-state index contributed by atoms with van der Waals surface area (Å²) in [4.78, 5) is 11.8. The number of hydrogen-bond donors (Lipinski definition) is 1. The van der Waals surface area contributed by atoms with E-state index in [-0.39, 0.29) is 12.4 Å². The van der Waals surface area contributed by atoms with E-state index >= 15 is 0 Å². The van der Waals surface area contributed by atoms with Crippen molar-refractivity contribution in [3.63, 3.8) is 0 Å². The maximum atomic E-state index is 11.8. The summed E-state index contributed by atoms with van der Waals surface area (Å²) >= 11 is 0. The van der Waals surface area contributed by atoms with Gasteiger partial charge in [0.15, 0.2) is 0 Å². The first kappa shape index (κ1) is 18.0. The van der Waals surface area contributed by atoms with Crippen molar-refractivity contribution in [1.29, 1.82) is 0 Å². The Bertz CT molecular complexity index is 672. The third-order valence-corrected chi connectivity index (χ3v) is 3.65. The number of hydrogen-bond acceptors (Lipinski definition) is 4. The number of aliphatic hydroxyl groups is 1. The summed E-state index contributed by atoms with van der Waals surface area (Å²) in [7, 11) is 0. The van der Waals surface area contributed by atoms with Gasteiger partial charge in [0.25, 0.3) is 0 Å². The van der Waals surface area contributed by atoms with Gasteiger partial charge in [0, 0.05) is 5.56 Å². The zero-order valence-corrected chi connectivity index (χ0v) is 14.4. The average Bonchev–Trinajstić information content (AvgIpc) is 2.54. The number of ether oxygens (including phenoxy) is 2. The van der Waals surface area contributed by atoms with Crippen LogP contribution in [-0.2, 0) is 28.2 Å². The Labute approximate surface area is 143 Å². The van der Waals surface area contributed by atoms with Gasteiger partial charge in [0.2, 0.25) is 0 Å². The van der Waals surface area contributed by atoms with E-state index in [0.29, 0.717) is 19.0 Å². The highest BCUT2D eigenvalue weighted by molar-refractivity contribution is 5.73. The summed E-state index contributed by atoms with van der Waals surface area (Å²) in [5.74, 6) is 0.296. The zero-order chi connectivity index (χ0) is 17.6. The van der Waals surface area contributed by atoms with Crippen molar-refractivity contribution in [2.24, 2.45) is 0 Å². The number of esters is 1. The highest BCUT2D eigenvalue weighted by Gasteiger charge is 2.19. The van der Waals surface area contributed by atoms with Crippen molar-refractivity contribution >= 4 is 5.97 Å². The second-order valence-electron chi connectivity index (χ2n) is 6.14. The Morgan fingerprint density at radius 2 is 1.83 bits per heavy atom. The number of rotatable bonds is 7. The highest BCUT2D eigenvalue weighted by Crippen LogP contribution is 2.28. The molecule has 0 aliphatic rings. The lowest BCUT2D eigenvalue weighted by Gasteiger charge is -2.20. The van der Waals surface area contributed by atoms with Gasteiger partial charge >= 0.3 is 5.97 Å². The van der Waals surface area contributed by atoms with E-state index in [2.05, 4.69) is 0 Å². The van der Waals surface area contributed by atoms with Gasteiger partial charge in [-0.3, -0.25) is 4.79 Å². The Hall–Kier alpha value is -2.33. The van der Waals surface area contributed by atoms with Gasteiger partial charge in [-0.15, -0.1) is 0 Å². The van der Waals surface area contributed by atoms with Gasteiger partial charge in [-0.25, -0.2) is 0 Å². The fraction of sp³-hybridized carbons (Fsp3) is 0.350. The fourth-order valence-electron chi connectivity index (χ4n) is 2.32. The molecule has 0 bridgehead atoms. The normalized spacial score (nSPS) is 11.2. The summed E-state index contributed by atoms with van der Waals surface area (Å²) in [5.41, 5.74) is 1.54. The average molecular weight is 328 g/mol. The molecule has 0 radical (unpaired) electrons. The van der Waals surface area contributed by atoms with Crippen LogP contribution >= 0.6 is 0 Å². The maximum absolute atomic E-state index is 11.8. The summed E-state index contributed by atoms with van der Waals surface area (Å²) in [6.45, 7) is 5.96. The minimum absolute atomic E-state index is 0.143. The first-order valence-corrected chi connectivity index (χ1v) is 8.08. The largest absolute Gasteiger partial charge is 0.489 e. The summed E-state index contributed by atoms with van der Waals surface area (Å²) < 4.78 is 10.9. The Morgan fingerprint density at radius 1 is 1.12 bits per heavy atom. The van der Waals surface area contributed by atoms with Crippen LogP contribution in [0.25, 0.3) is 0 Å². The molecular weight excluding hydrogens is 304 g/mol. The Morgan fingerprint density at radius 3 is 2.46 bits per heavy atom. The second-order valence-corrected chi connectivity index (χ2v) is 6.14. The predicted molar refractivity (Wildman–Crippen MR) is 92.8 cm³/mol. The molecule has 0 aromatic heterocycles. The molecule has 128 valence electrons. The molecule has 0 aliphatic heterocycles. The van der Waals surface area contributed by atoms with E-state index in [1.54, 1.807) is 26.8 Å². The maximum Gasteiger partial charge on any atom is 0.310 e. The Kier molecular flexibility index (Phi) is 5.99. The molecule has 0 atom stereocenters. The van der Waals surface area contributed by atoms with E-state index in [0.717, 1.165) is 16.7 Å². The van der Waals surface area contributed by atoms with E-state index in [4.69, 9.17) is 9.47 Å². The zero-order valence-electron chi connectivity index (χ0n) is 14.4. The third kappa shape index (κ3) is 5.10. The molecule has 0 unspecified atom stereocenters. The van der Waals surface area contributed by atoms with E-state index in [9.17, 15) is 9.90 Å². The predicted octanol–water partition coefficient (Wildman–Crippen LogP) is 3.60. The minimum Gasteiger partial charge on any atom is -0.489 e. The number of carbonyl (C=O) groups is 1. The van der Waals surface area contributed by atoms with Crippen LogP contribution in [0, 0.1) is 0 Å². The Balaban J connectivity index is 2.24. The molecule has 4 heteroatoms. The van der Waals surface area contributed by atoms with Gasteiger partial charge in [-0.2, -0.15) is 0 Å². The number of benzene rings is 2. The van der Waals surface area contributed by atoms with Gasteiger partial charge < -0.3 is 14.6 Å². The van der Waals surface area contributed by atoms with Crippen molar-refractivity contribution in [1.82, 2.24) is 0 Å². The molecular formula is C20H24O4. The SMILES string of the molecule is CCOC(=O)Cc1ccc(C(C)(C)O)cc1OCc1ccccc1. The summed E-state index contributed by atoms with van der Waals surface area (Å²) in [5, 5.41) is 10.2. The van der Waals surface area contributed by atoms with Gasteiger partial charge in [0.05, 0.1) is 18.6 Å². The van der Waals surface area contributed by atoms with Crippen molar-refractivity contribution in [2.75, 3.05) is 6.61 Å². The number of carbonyl (C=O) groups excluding carboxylic acids is 1. The molecule has 0 spiro atoms. The van der Waals surface area contributed by atoms with Gasteiger partial charge in [-0.05, 0) is 38.0 Å². The molecule has 2 aromatic carbocycles. The minimum atomic E-state index is -0.979. The van der Waals surface area contributed by atoms with Crippen LogP contribution in [0.3, 0.4) is 0 Å².